The molecule has 1 unspecified atom stereocenters. The smallest absolute Gasteiger partial charge is 0.277 e. The van der Waals surface area contributed by atoms with Crippen molar-refractivity contribution < 1.29 is 17.9 Å². The zero-order chi connectivity index (χ0) is 30.7. The number of amides is 1. The normalized spacial score (nSPS) is 18.9. The topological polar surface area (TPSA) is 130 Å². The highest BCUT2D eigenvalue weighted by molar-refractivity contribution is 7.89. The van der Waals surface area contributed by atoms with E-state index in [0.29, 0.717) is 61.6 Å². The maximum atomic E-state index is 13.9. The average Bonchev–Trinajstić information content (AvgIpc) is 3.15. The molecule has 1 saturated carbocycles. The summed E-state index contributed by atoms with van der Waals surface area (Å²) in [4.78, 5) is 36.0. The largest absolute Gasteiger partial charge is 0.493 e. The first-order chi connectivity index (χ1) is 20.7. The third kappa shape index (κ3) is 6.22. The molecular formula is C31H44N6O5S. The Labute approximate surface area is 253 Å². The number of rotatable bonds is 9. The lowest BCUT2D eigenvalue weighted by Crippen LogP contribution is -2.46. The van der Waals surface area contributed by atoms with Gasteiger partial charge in [-0.1, -0.05) is 25.7 Å². The van der Waals surface area contributed by atoms with Crippen molar-refractivity contribution in [3.8, 4) is 17.1 Å². The molecule has 1 saturated heterocycles. The molecule has 1 aromatic carbocycles. The minimum absolute atomic E-state index is 0.00698. The lowest BCUT2D eigenvalue weighted by Gasteiger charge is -2.33. The van der Waals surface area contributed by atoms with Crippen molar-refractivity contribution in [1.29, 1.82) is 0 Å². The van der Waals surface area contributed by atoms with Gasteiger partial charge in [-0.3, -0.25) is 9.59 Å². The molecule has 1 amide bonds. The van der Waals surface area contributed by atoms with Crippen molar-refractivity contribution in [3.63, 3.8) is 0 Å². The zero-order valence-corrected chi connectivity index (χ0v) is 26.6. The second-order valence-electron chi connectivity index (χ2n) is 11.6. The second-order valence-corrected chi connectivity index (χ2v) is 13.5. The molecule has 1 atom stereocenters. The number of piperidine rings is 1. The van der Waals surface area contributed by atoms with E-state index in [1.54, 1.807) is 15.5 Å². The van der Waals surface area contributed by atoms with Crippen LogP contribution in [-0.4, -0.2) is 75.9 Å². The van der Waals surface area contributed by atoms with E-state index in [1.807, 2.05) is 27.7 Å². The number of ether oxygens (including phenoxy) is 1. The van der Waals surface area contributed by atoms with Gasteiger partial charge >= 0.3 is 0 Å². The molecule has 0 bridgehead atoms. The first-order valence-corrected chi connectivity index (χ1v) is 17.2. The van der Waals surface area contributed by atoms with Gasteiger partial charge in [-0.05, 0) is 71.6 Å². The summed E-state index contributed by atoms with van der Waals surface area (Å²) in [5.41, 5.74) is 1.08. The number of nitrogens with zero attached hydrogens (tertiary/aromatic N) is 5. The van der Waals surface area contributed by atoms with Crippen molar-refractivity contribution >= 4 is 21.4 Å². The number of hydrogen-bond donors (Lipinski definition) is 1. The molecule has 3 aromatic rings. The lowest BCUT2D eigenvalue weighted by atomic mass is 9.98. The van der Waals surface area contributed by atoms with E-state index >= 15 is 0 Å². The molecule has 3 heterocycles. The van der Waals surface area contributed by atoms with Crippen LogP contribution in [0.15, 0.2) is 27.9 Å². The van der Waals surface area contributed by atoms with Crippen molar-refractivity contribution in [1.82, 2.24) is 28.8 Å². The quantitative estimate of drug-likeness (QED) is 0.352. The molecule has 11 nitrogen and oxygen atoms in total. The van der Waals surface area contributed by atoms with Crippen LogP contribution in [0, 0.1) is 12.8 Å². The fraction of sp³-hybridized carbons (Fsp3) is 0.613. The van der Waals surface area contributed by atoms with Crippen LogP contribution < -0.4 is 10.3 Å². The molecule has 2 fully saturated rings. The fourth-order valence-corrected chi connectivity index (χ4v) is 8.11. The molecule has 2 aromatic heterocycles. The first-order valence-electron chi connectivity index (χ1n) is 15.7. The summed E-state index contributed by atoms with van der Waals surface area (Å²) >= 11 is 0. The Morgan fingerprint density at radius 3 is 2.47 bits per heavy atom. The number of fused-ring (bicyclic) bond motifs is 1. The highest BCUT2D eigenvalue weighted by Gasteiger charge is 2.35. The molecule has 1 N–H and O–H groups in total. The molecule has 12 heteroatoms. The van der Waals surface area contributed by atoms with Gasteiger partial charge in [0.15, 0.2) is 11.3 Å². The fourth-order valence-electron chi connectivity index (χ4n) is 6.56. The van der Waals surface area contributed by atoms with E-state index in [0.717, 1.165) is 31.5 Å². The van der Waals surface area contributed by atoms with E-state index in [1.165, 1.54) is 29.3 Å². The SMILES string of the molecule is CCOc1ccc(S(=O)(=O)N2CCCC(C(=O)N(CC)CC)C2)cc1-c1nn2c(C3CCCCCC3)nc(C)c2c(=O)[nH]1. The second kappa shape index (κ2) is 13.2. The van der Waals surface area contributed by atoms with Crippen LogP contribution in [0.1, 0.15) is 89.6 Å². The first kappa shape index (κ1) is 31.2. The predicted molar refractivity (Wildman–Crippen MR) is 165 cm³/mol. The highest BCUT2D eigenvalue weighted by Crippen LogP contribution is 2.34. The van der Waals surface area contributed by atoms with Crippen molar-refractivity contribution in [3.05, 3.63) is 40.1 Å². The maximum Gasteiger partial charge on any atom is 0.277 e. The number of aryl methyl sites for hydroxylation is 1. The summed E-state index contributed by atoms with van der Waals surface area (Å²) in [7, 11) is -3.94. The molecule has 0 radical (unpaired) electrons. The number of carbonyl (C=O) groups is 1. The number of carbonyl (C=O) groups excluding carboxylic acids is 1. The van der Waals surface area contributed by atoms with Gasteiger partial charge in [-0.2, -0.15) is 4.31 Å². The third-order valence-electron chi connectivity index (χ3n) is 8.87. The molecule has 5 rings (SSSR count). The van der Waals surface area contributed by atoms with Crippen molar-refractivity contribution in [2.45, 2.75) is 89.9 Å². The zero-order valence-electron chi connectivity index (χ0n) is 25.8. The van der Waals surface area contributed by atoms with Gasteiger partial charge in [-0.25, -0.2) is 17.9 Å². The molecule has 0 spiro atoms. The van der Waals surface area contributed by atoms with Gasteiger partial charge in [0.1, 0.15) is 11.6 Å². The van der Waals surface area contributed by atoms with Crippen LogP contribution in [0.2, 0.25) is 0 Å². The number of nitrogens with one attached hydrogen (secondary N) is 1. The monoisotopic (exact) mass is 612 g/mol. The Bertz CT molecular complexity index is 1620. The lowest BCUT2D eigenvalue weighted by molar-refractivity contribution is -0.136. The number of hydrogen-bond acceptors (Lipinski definition) is 7. The van der Waals surface area contributed by atoms with Gasteiger partial charge in [0.25, 0.3) is 5.56 Å². The molecule has 234 valence electrons. The molecule has 2 aliphatic rings. The number of imidazole rings is 1. The molecular weight excluding hydrogens is 568 g/mol. The van der Waals surface area contributed by atoms with Crippen LogP contribution >= 0.6 is 0 Å². The van der Waals surface area contributed by atoms with Gasteiger partial charge in [0.05, 0.1) is 28.7 Å². The van der Waals surface area contributed by atoms with Crippen LogP contribution in [0.25, 0.3) is 16.9 Å². The van der Waals surface area contributed by atoms with Gasteiger partial charge < -0.3 is 14.6 Å². The summed E-state index contributed by atoms with van der Waals surface area (Å²) in [5, 5.41) is 4.84. The Balaban J connectivity index is 1.55. The molecule has 43 heavy (non-hydrogen) atoms. The molecule has 1 aliphatic heterocycles. The summed E-state index contributed by atoms with van der Waals surface area (Å²) < 4.78 is 36.8. The van der Waals surface area contributed by atoms with Crippen molar-refractivity contribution in [2.24, 2.45) is 5.92 Å². The minimum atomic E-state index is -3.94. The summed E-state index contributed by atoms with van der Waals surface area (Å²) in [6.45, 7) is 9.54. The number of sulfonamides is 1. The third-order valence-corrected chi connectivity index (χ3v) is 10.7. The predicted octanol–water partition coefficient (Wildman–Crippen LogP) is 4.50. The van der Waals surface area contributed by atoms with Crippen LogP contribution in [0.4, 0.5) is 0 Å². The minimum Gasteiger partial charge on any atom is -0.493 e. The van der Waals surface area contributed by atoms with E-state index < -0.39 is 10.0 Å². The van der Waals surface area contributed by atoms with Gasteiger partial charge in [-0.15, -0.1) is 5.10 Å². The number of aromatic amines is 1. The van der Waals surface area contributed by atoms with E-state index in [2.05, 4.69) is 4.98 Å². The number of benzene rings is 1. The Morgan fingerprint density at radius 1 is 1.07 bits per heavy atom. The Morgan fingerprint density at radius 2 is 1.79 bits per heavy atom. The number of H-pyrrole nitrogens is 1. The Kier molecular flexibility index (Phi) is 9.55. The average molecular weight is 613 g/mol. The van der Waals surface area contributed by atoms with Crippen molar-refractivity contribution in [2.75, 3.05) is 32.8 Å². The van der Waals surface area contributed by atoms with E-state index in [4.69, 9.17) is 14.8 Å². The summed E-state index contributed by atoms with van der Waals surface area (Å²) in [6.07, 6.45) is 7.87. The van der Waals surface area contributed by atoms with Crippen LogP contribution in [-0.2, 0) is 14.8 Å². The van der Waals surface area contributed by atoms with Crippen LogP contribution in [0.5, 0.6) is 5.75 Å². The van der Waals surface area contributed by atoms with Gasteiger partial charge in [0.2, 0.25) is 15.9 Å². The maximum absolute atomic E-state index is 13.9. The van der Waals surface area contributed by atoms with Gasteiger partial charge in [0, 0.05) is 32.1 Å². The van der Waals surface area contributed by atoms with Crippen LogP contribution in [0.3, 0.4) is 0 Å². The molecule has 1 aliphatic carbocycles. The number of aromatic nitrogens is 4. The summed E-state index contributed by atoms with van der Waals surface area (Å²) in [6, 6.07) is 4.66. The van der Waals surface area contributed by atoms with E-state index in [9.17, 15) is 18.0 Å². The standard InChI is InChI=1S/C31H44N6O5S/c1-5-35(6-2)31(39)23-15-12-18-36(20-23)43(40,41)24-16-17-26(42-7-3)25(19-24)28-33-30(38)27-21(4)32-29(37(27)34-28)22-13-10-8-9-11-14-22/h16-17,19,22-23H,5-15,18,20H2,1-4H3,(H,33,34,38). The summed E-state index contributed by atoms with van der Waals surface area (Å²) in [5.74, 6) is 1.24. The highest BCUT2D eigenvalue weighted by atomic mass is 32.2. The Hall–Kier alpha value is -3.25. The van der Waals surface area contributed by atoms with E-state index in [-0.39, 0.29) is 40.6 Å².